The molecule has 1 fully saturated rings. The van der Waals surface area contributed by atoms with Gasteiger partial charge in [0.15, 0.2) is 0 Å². The van der Waals surface area contributed by atoms with Gasteiger partial charge in [-0.3, -0.25) is 4.79 Å². The molecule has 0 spiro atoms. The number of carbonyl (C=O) groups is 1. The standard InChI is InChI=1S/C14H18FNO3/c1-10-2-3-12(15)11(8-10)13(17)16-9-14(18)4-6-19-7-5-14/h2-3,8,18H,4-7,9H2,1H3,(H,16,17). The molecule has 0 aromatic heterocycles. The van der Waals surface area contributed by atoms with E-state index >= 15 is 0 Å². The first kappa shape index (κ1) is 14.0. The van der Waals surface area contributed by atoms with Crippen LogP contribution in [0.15, 0.2) is 18.2 Å². The highest BCUT2D eigenvalue weighted by Gasteiger charge is 2.30. The van der Waals surface area contributed by atoms with Gasteiger partial charge in [-0.15, -0.1) is 0 Å². The molecule has 0 unspecified atom stereocenters. The van der Waals surface area contributed by atoms with E-state index in [2.05, 4.69) is 5.32 Å². The summed E-state index contributed by atoms with van der Waals surface area (Å²) >= 11 is 0. The number of halogens is 1. The van der Waals surface area contributed by atoms with Crippen LogP contribution in [0.3, 0.4) is 0 Å². The van der Waals surface area contributed by atoms with Gasteiger partial charge in [-0.25, -0.2) is 4.39 Å². The summed E-state index contributed by atoms with van der Waals surface area (Å²) in [7, 11) is 0. The fourth-order valence-electron chi connectivity index (χ4n) is 2.08. The van der Waals surface area contributed by atoms with E-state index in [1.54, 1.807) is 13.0 Å². The van der Waals surface area contributed by atoms with Crippen LogP contribution in [-0.4, -0.2) is 36.4 Å². The smallest absolute Gasteiger partial charge is 0.254 e. The molecule has 1 amide bonds. The van der Waals surface area contributed by atoms with E-state index in [9.17, 15) is 14.3 Å². The molecule has 104 valence electrons. The fourth-order valence-corrected chi connectivity index (χ4v) is 2.08. The number of hydrogen-bond donors (Lipinski definition) is 2. The predicted molar refractivity (Wildman–Crippen MR) is 68.5 cm³/mol. The van der Waals surface area contributed by atoms with E-state index in [1.165, 1.54) is 12.1 Å². The van der Waals surface area contributed by atoms with E-state index < -0.39 is 17.3 Å². The molecular formula is C14H18FNO3. The van der Waals surface area contributed by atoms with Crippen LogP contribution in [0.5, 0.6) is 0 Å². The van der Waals surface area contributed by atoms with Crippen LogP contribution in [0.2, 0.25) is 0 Å². The Morgan fingerprint density at radius 3 is 2.84 bits per heavy atom. The number of ether oxygens (including phenoxy) is 1. The van der Waals surface area contributed by atoms with E-state index in [-0.39, 0.29) is 12.1 Å². The third kappa shape index (κ3) is 3.52. The molecule has 1 aliphatic rings. The maximum atomic E-state index is 13.5. The van der Waals surface area contributed by atoms with Crippen LogP contribution in [-0.2, 0) is 4.74 Å². The Kier molecular flexibility index (Phi) is 4.17. The van der Waals surface area contributed by atoms with Crippen LogP contribution in [0.1, 0.15) is 28.8 Å². The Morgan fingerprint density at radius 1 is 1.47 bits per heavy atom. The number of aryl methyl sites for hydroxylation is 1. The SMILES string of the molecule is Cc1ccc(F)c(C(=O)NCC2(O)CCOCC2)c1. The van der Waals surface area contributed by atoms with Crippen molar-refractivity contribution in [3.05, 3.63) is 35.1 Å². The highest BCUT2D eigenvalue weighted by Crippen LogP contribution is 2.19. The van der Waals surface area contributed by atoms with Gasteiger partial charge in [0, 0.05) is 32.6 Å². The first-order valence-electron chi connectivity index (χ1n) is 6.35. The number of nitrogens with one attached hydrogen (secondary N) is 1. The number of hydrogen-bond acceptors (Lipinski definition) is 3. The molecule has 5 heteroatoms. The van der Waals surface area contributed by atoms with E-state index in [4.69, 9.17) is 4.74 Å². The van der Waals surface area contributed by atoms with Crippen molar-refractivity contribution in [2.24, 2.45) is 0 Å². The summed E-state index contributed by atoms with van der Waals surface area (Å²) in [5, 5.41) is 12.8. The molecule has 1 saturated heterocycles. The highest BCUT2D eigenvalue weighted by molar-refractivity contribution is 5.94. The average Bonchev–Trinajstić information content (AvgIpc) is 2.40. The van der Waals surface area contributed by atoms with Crippen LogP contribution in [0.25, 0.3) is 0 Å². The predicted octanol–water partition coefficient (Wildman–Crippen LogP) is 1.41. The third-order valence-electron chi connectivity index (χ3n) is 3.37. The van der Waals surface area contributed by atoms with Crippen molar-refractivity contribution in [1.29, 1.82) is 0 Å². The third-order valence-corrected chi connectivity index (χ3v) is 3.37. The average molecular weight is 267 g/mol. The minimum absolute atomic E-state index is 0.00987. The minimum atomic E-state index is -0.950. The zero-order valence-electron chi connectivity index (χ0n) is 10.9. The first-order valence-corrected chi connectivity index (χ1v) is 6.35. The summed E-state index contributed by atoms with van der Waals surface area (Å²) < 4.78 is 18.7. The van der Waals surface area contributed by atoms with Gasteiger partial charge in [0.25, 0.3) is 5.91 Å². The van der Waals surface area contributed by atoms with Gasteiger partial charge in [0.2, 0.25) is 0 Å². The topological polar surface area (TPSA) is 58.6 Å². The highest BCUT2D eigenvalue weighted by atomic mass is 19.1. The molecule has 19 heavy (non-hydrogen) atoms. The van der Waals surface area contributed by atoms with E-state index in [1.807, 2.05) is 0 Å². The molecule has 0 aliphatic carbocycles. The lowest BCUT2D eigenvalue weighted by Crippen LogP contribution is -2.46. The zero-order chi connectivity index (χ0) is 13.9. The lowest BCUT2D eigenvalue weighted by molar-refractivity contribution is -0.0605. The summed E-state index contributed by atoms with van der Waals surface area (Å²) in [6.07, 6.45) is 0.952. The second-order valence-corrected chi connectivity index (χ2v) is 5.00. The Balaban J connectivity index is 1.99. The van der Waals surface area contributed by atoms with Crippen molar-refractivity contribution >= 4 is 5.91 Å². The van der Waals surface area contributed by atoms with Gasteiger partial charge in [0.05, 0.1) is 11.2 Å². The maximum absolute atomic E-state index is 13.5. The van der Waals surface area contributed by atoms with Crippen molar-refractivity contribution in [1.82, 2.24) is 5.32 Å². The fraction of sp³-hybridized carbons (Fsp3) is 0.500. The van der Waals surface area contributed by atoms with Crippen molar-refractivity contribution in [2.75, 3.05) is 19.8 Å². The molecule has 1 aromatic rings. The van der Waals surface area contributed by atoms with E-state index in [0.29, 0.717) is 26.1 Å². The Labute approximate surface area is 111 Å². The van der Waals surface area contributed by atoms with Gasteiger partial charge in [-0.05, 0) is 19.1 Å². The number of rotatable bonds is 3. The molecule has 1 aromatic carbocycles. The second-order valence-electron chi connectivity index (χ2n) is 5.00. The molecule has 1 heterocycles. The van der Waals surface area contributed by atoms with Gasteiger partial charge >= 0.3 is 0 Å². The van der Waals surface area contributed by atoms with Crippen molar-refractivity contribution in [3.8, 4) is 0 Å². The summed E-state index contributed by atoms with van der Waals surface area (Å²) in [5.41, 5.74) is -0.124. The largest absolute Gasteiger partial charge is 0.388 e. The Morgan fingerprint density at radius 2 is 2.16 bits per heavy atom. The maximum Gasteiger partial charge on any atom is 0.254 e. The number of carbonyl (C=O) groups excluding carboxylic acids is 1. The zero-order valence-corrected chi connectivity index (χ0v) is 10.9. The normalized spacial score (nSPS) is 18.1. The number of benzene rings is 1. The minimum Gasteiger partial charge on any atom is -0.388 e. The summed E-state index contributed by atoms with van der Waals surface area (Å²) in [6, 6.07) is 4.38. The lowest BCUT2D eigenvalue weighted by atomic mass is 9.94. The van der Waals surface area contributed by atoms with Gasteiger partial charge in [-0.2, -0.15) is 0 Å². The molecule has 0 bridgehead atoms. The van der Waals surface area contributed by atoms with Crippen LogP contribution in [0, 0.1) is 12.7 Å². The molecule has 2 N–H and O–H groups in total. The summed E-state index contributed by atoms with van der Waals surface area (Å²) in [5.74, 6) is -1.05. The second kappa shape index (κ2) is 5.67. The number of aliphatic hydroxyl groups is 1. The van der Waals surface area contributed by atoms with Crippen molar-refractivity contribution in [3.63, 3.8) is 0 Å². The van der Waals surface area contributed by atoms with Crippen LogP contribution >= 0.6 is 0 Å². The van der Waals surface area contributed by atoms with Gasteiger partial charge in [-0.1, -0.05) is 11.6 Å². The van der Waals surface area contributed by atoms with Crippen LogP contribution in [0.4, 0.5) is 4.39 Å². The molecule has 0 saturated carbocycles. The monoisotopic (exact) mass is 267 g/mol. The van der Waals surface area contributed by atoms with E-state index in [0.717, 1.165) is 5.56 Å². The molecule has 0 radical (unpaired) electrons. The molecule has 4 nitrogen and oxygen atoms in total. The van der Waals surface area contributed by atoms with Crippen LogP contribution < -0.4 is 5.32 Å². The molecule has 2 rings (SSSR count). The van der Waals surface area contributed by atoms with Crippen molar-refractivity contribution < 1.29 is 19.0 Å². The molecule has 1 aliphatic heterocycles. The Bertz CT molecular complexity index is 470. The van der Waals surface area contributed by atoms with Gasteiger partial charge in [0.1, 0.15) is 5.82 Å². The molecular weight excluding hydrogens is 249 g/mol. The lowest BCUT2D eigenvalue weighted by Gasteiger charge is -2.32. The quantitative estimate of drug-likeness (QED) is 0.870. The van der Waals surface area contributed by atoms with Gasteiger partial charge < -0.3 is 15.2 Å². The summed E-state index contributed by atoms with van der Waals surface area (Å²) in [4.78, 5) is 11.9. The summed E-state index contributed by atoms with van der Waals surface area (Å²) in [6.45, 7) is 2.86. The first-order chi connectivity index (χ1) is 9.00. The van der Waals surface area contributed by atoms with Crippen molar-refractivity contribution in [2.45, 2.75) is 25.4 Å². The number of amides is 1. The Hall–Kier alpha value is -1.46. The molecule has 0 atom stereocenters.